The molecule has 11 heteroatoms. The maximum absolute atomic E-state index is 12.6. The van der Waals surface area contributed by atoms with Crippen LogP contribution in [-0.4, -0.2) is 47.6 Å². The maximum atomic E-state index is 12.6. The van der Waals surface area contributed by atoms with Crippen molar-refractivity contribution in [2.24, 2.45) is 0 Å². The molecule has 3 aromatic carbocycles. The van der Waals surface area contributed by atoms with Crippen molar-refractivity contribution in [3.63, 3.8) is 0 Å². The molecule has 1 heterocycles. The highest BCUT2D eigenvalue weighted by molar-refractivity contribution is 5.86. The zero-order chi connectivity index (χ0) is 27.4. The number of ether oxygens (including phenoxy) is 3. The number of phenols is 2. The number of amides is 1. The fraction of sp³-hybridized carbons (Fsp3) is 0.148. The van der Waals surface area contributed by atoms with Gasteiger partial charge in [0.2, 0.25) is 5.75 Å². The molecule has 0 spiro atoms. The van der Waals surface area contributed by atoms with Gasteiger partial charge in [0.05, 0.1) is 14.2 Å². The molecule has 0 aliphatic heterocycles. The molecular formula is C27H23NO10. The lowest BCUT2D eigenvalue weighted by atomic mass is 10.1. The summed E-state index contributed by atoms with van der Waals surface area (Å²) in [4.78, 5) is 37.0. The van der Waals surface area contributed by atoms with E-state index in [0.717, 1.165) is 12.1 Å². The van der Waals surface area contributed by atoms with Gasteiger partial charge in [0.1, 0.15) is 34.3 Å². The molecule has 0 saturated heterocycles. The molecule has 38 heavy (non-hydrogen) atoms. The number of carboxylic acid groups (broad SMARTS) is 1. The van der Waals surface area contributed by atoms with Crippen LogP contribution in [0.4, 0.5) is 4.79 Å². The zero-order valence-electron chi connectivity index (χ0n) is 20.3. The summed E-state index contributed by atoms with van der Waals surface area (Å²) in [7, 11) is 2.62. The zero-order valence-corrected chi connectivity index (χ0v) is 20.3. The first-order valence-corrected chi connectivity index (χ1v) is 11.2. The van der Waals surface area contributed by atoms with Crippen LogP contribution in [-0.2, 0) is 11.2 Å². The van der Waals surface area contributed by atoms with E-state index >= 15 is 0 Å². The molecule has 1 atom stereocenters. The van der Waals surface area contributed by atoms with E-state index in [2.05, 4.69) is 5.32 Å². The van der Waals surface area contributed by atoms with E-state index in [1.807, 2.05) is 0 Å². The third-order valence-electron chi connectivity index (χ3n) is 5.61. The topological polar surface area (TPSA) is 165 Å². The number of phenolic OH excluding ortho intramolecular Hbond substituents is 2. The first-order chi connectivity index (χ1) is 18.2. The highest BCUT2D eigenvalue weighted by atomic mass is 16.6. The number of hydrogen-bond acceptors (Lipinski definition) is 9. The number of methoxy groups -OCH3 is 2. The quantitative estimate of drug-likeness (QED) is 0.269. The van der Waals surface area contributed by atoms with Crippen molar-refractivity contribution in [1.82, 2.24) is 5.32 Å². The largest absolute Gasteiger partial charge is 0.508 e. The van der Waals surface area contributed by atoms with E-state index in [-0.39, 0.29) is 46.1 Å². The second kappa shape index (κ2) is 10.8. The van der Waals surface area contributed by atoms with E-state index in [1.54, 1.807) is 30.3 Å². The molecule has 0 unspecified atom stereocenters. The molecule has 0 aliphatic carbocycles. The fourth-order valence-corrected chi connectivity index (χ4v) is 3.83. The molecule has 1 aromatic heterocycles. The Kier molecular flexibility index (Phi) is 7.38. The third kappa shape index (κ3) is 5.46. The van der Waals surface area contributed by atoms with Gasteiger partial charge in [0.15, 0.2) is 16.9 Å². The standard InChI is InChI=1S/C27H23NO10/c1-35-22-9-15(20-13-19(31)24-18(30)11-16(29)12-21(24)37-20)10-23(36-2)25(22)38-27(34)28-17(26(32)33)8-14-6-4-3-5-7-14/h3-7,9-13,17,29-30H,8H2,1-2H3,(H,28,34)(H,32,33)/t17-/m0/s1. The summed E-state index contributed by atoms with van der Waals surface area (Å²) in [6, 6.07) is 13.7. The lowest BCUT2D eigenvalue weighted by Crippen LogP contribution is -2.43. The van der Waals surface area contributed by atoms with Gasteiger partial charge in [0.25, 0.3) is 0 Å². The van der Waals surface area contributed by atoms with Gasteiger partial charge in [-0.1, -0.05) is 30.3 Å². The molecule has 4 aromatic rings. The van der Waals surface area contributed by atoms with Crippen molar-refractivity contribution in [2.75, 3.05) is 14.2 Å². The monoisotopic (exact) mass is 521 g/mol. The van der Waals surface area contributed by atoms with Crippen molar-refractivity contribution in [3.05, 3.63) is 76.5 Å². The highest BCUT2D eigenvalue weighted by Crippen LogP contribution is 2.42. The van der Waals surface area contributed by atoms with E-state index in [9.17, 15) is 29.7 Å². The molecule has 4 rings (SSSR count). The lowest BCUT2D eigenvalue weighted by Gasteiger charge is -2.18. The van der Waals surface area contributed by atoms with Crippen LogP contribution in [0.15, 0.2) is 69.9 Å². The Morgan fingerprint density at radius 3 is 2.24 bits per heavy atom. The molecule has 4 N–H and O–H groups in total. The van der Waals surface area contributed by atoms with E-state index in [1.165, 1.54) is 32.4 Å². The van der Waals surface area contributed by atoms with Crippen LogP contribution >= 0.6 is 0 Å². The van der Waals surface area contributed by atoms with Crippen LogP contribution < -0.4 is 25.0 Å². The fourth-order valence-electron chi connectivity index (χ4n) is 3.83. The van der Waals surface area contributed by atoms with Crippen LogP contribution in [0.2, 0.25) is 0 Å². The molecule has 11 nitrogen and oxygen atoms in total. The molecule has 0 saturated carbocycles. The summed E-state index contributed by atoms with van der Waals surface area (Å²) in [6.45, 7) is 0. The second-order valence-electron chi connectivity index (χ2n) is 8.14. The van der Waals surface area contributed by atoms with Gasteiger partial charge in [-0.25, -0.2) is 9.59 Å². The van der Waals surface area contributed by atoms with Crippen LogP contribution in [0.5, 0.6) is 28.7 Å². The van der Waals surface area contributed by atoms with Crippen molar-refractivity contribution < 1.29 is 43.5 Å². The van der Waals surface area contributed by atoms with Gasteiger partial charge >= 0.3 is 12.1 Å². The van der Waals surface area contributed by atoms with Crippen molar-refractivity contribution in [1.29, 1.82) is 0 Å². The molecular weight excluding hydrogens is 498 g/mol. The van der Waals surface area contributed by atoms with E-state index < -0.39 is 29.3 Å². The summed E-state index contributed by atoms with van der Waals surface area (Å²) in [5.74, 6) is -2.03. The van der Waals surface area contributed by atoms with Crippen molar-refractivity contribution in [3.8, 4) is 40.1 Å². The summed E-state index contributed by atoms with van der Waals surface area (Å²) < 4.78 is 21.8. The number of carbonyl (C=O) groups excluding carboxylic acids is 1. The van der Waals surface area contributed by atoms with Crippen LogP contribution in [0, 0.1) is 0 Å². The predicted octanol–water partition coefficient (Wildman–Crippen LogP) is 3.67. The van der Waals surface area contributed by atoms with Crippen LogP contribution in [0.1, 0.15) is 5.56 Å². The number of hydrogen-bond donors (Lipinski definition) is 4. The van der Waals surface area contributed by atoms with Crippen molar-refractivity contribution >= 4 is 23.0 Å². The molecule has 196 valence electrons. The van der Waals surface area contributed by atoms with E-state index in [0.29, 0.717) is 11.1 Å². The van der Waals surface area contributed by atoms with Gasteiger partial charge < -0.3 is 39.3 Å². The number of carboxylic acids is 1. The number of nitrogens with one attached hydrogen (secondary N) is 1. The minimum Gasteiger partial charge on any atom is -0.508 e. The summed E-state index contributed by atoms with van der Waals surface area (Å²) in [5.41, 5.74) is 0.384. The molecule has 0 fully saturated rings. The predicted molar refractivity (Wildman–Crippen MR) is 135 cm³/mol. The Morgan fingerprint density at radius 2 is 1.63 bits per heavy atom. The van der Waals surface area contributed by atoms with Crippen molar-refractivity contribution in [2.45, 2.75) is 12.5 Å². The average molecular weight is 521 g/mol. The summed E-state index contributed by atoms with van der Waals surface area (Å²) in [5, 5.41) is 31.6. The number of benzene rings is 3. The van der Waals surface area contributed by atoms with Crippen LogP contribution in [0.25, 0.3) is 22.3 Å². The Balaban J connectivity index is 1.65. The number of rotatable bonds is 8. The van der Waals surface area contributed by atoms with E-state index in [4.69, 9.17) is 18.6 Å². The lowest BCUT2D eigenvalue weighted by molar-refractivity contribution is -0.139. The van der Waals surface area contributed by atoms with Gasteiger partial charge in [-0.05, 0) is 17.7 Å². The first-order valence-electron chi connectivity index (χ1n) is 11.2. The van der Waals surface area contributed by atoms with Gasteiger partial charge in [-0.2, -0.15) is 0 Å². The highest BCUT2D eigenvalue weighted by Gasteiger charge is 2.25. The minimum absolute atomic E-state index is 0.0194. The SMILES string of the molecule is COc1cc(-c2cc(=O)c3c(O)cc(O)cc3o2)cc(OC)c1OC(=O)N[C@@H](Cc1ccccc1)C(=O)O. The van der Waals surface area contributed by atoms with Gasteiger partial charge in [-0.15, -0.1) is 0 Å². The Morgan fingerprint density at radius 1 is 0.974 bits per heavy atom. The number of aliphatic carboxylic acids is 1. The van der Waals surface area contributed by atoms with Crippen LogP contribution in [0.3, 0.4) is 0 Å². The summed E-state index contributed by atoms with van der Waals surface area (Å²) in [6.07, 6.45) is -1.02. The Hall–Kier alpha value is -5.19. The number of aromatic hydroxyl groups is 2. The maximum Gasteiger partial charge on any atom is 0.413 e. The molecule has 0 bridgehead atoms. The molecule has 0 radical (unpaired) electrons. The molecule has 1 amide bonds. The van der Waals surface area contributed by atoms with Gasteiger partial charge in [0, 0.05) is 30.2 Å². The Bertz CT molecular complexity index is 1540. The Labute approximate surface area is 215 Å². The second-order valence-corrected chi connectivity index (χ2v) is 8.14. The average Bonchev–Trinajstić information content (AvgIpc) is 2.88. The third-order valence-corrected chi connectivity index (χ3v) is 5.61. The molecule has 0 aliphatic rings. The summed E-state index contributed by atoms with van der Waals surface area (Å²) >= 11 is 0. The minimum atomic E-state index is -1.26. The number of carbonyl (C=O) groups is 2. The smallest absolute Gasteiger partial charge is 0.413 e. The van der Waals surface area contributed by atoms with Gasteiger partial charge in [-0.3, -0.25) is 4.79 Å². The number of fused-ring (bicyclic) bond motifs is 1. The normalized spacial score (nSPS) is 11.5. The first kappa shape index (κ1) is 25.9.